The van der Waals surface area contributed by atoms with E-state index in [0.29, 0.717) is 11.3 Å². The van der Waals surface area contributed by atoms with E-state index in [1.165, 1.54) is 30.1 Å². The van der Waals surface area contributed by atoms with Gasteiger partial charge in [0.05, 0.1) is 30.1 Å². The summed E-state index contributed by atoms with van der Waals surface area (Å²) in [5, 5.41) is 15.4. The molecule has 0 fully saturated rings. The van der Waals surface area contributed by atoms with Crippen LogP contribution in [0.4, 0.5) is 13.2 Å². The number of halogens is 3. The first-order valence-corrected chi connectivity index (χ1v) is 6.44. The van der Waals surface area contributed by atoms with E-state index in [0.717, 1.165) is 18.3 Å². The van der Waals surface area contributed by atoms with Gasteiger partial charge >= 0.3 is 6.18 Å². The summed E-state index contributed by atoms with van der Waals surface area (Å²) in [7, 11) is 1.38. The molecule has 0 radical (unpaired) electrons. The third-order valence-corrected chi connectivity index (χ3v) is 2.56. The van der Waals surface area contributed by atoms with Crippen molar-refractivity contribution in [2.45, 2.75) is 20.0 Å². The van der Waals surface area contributed by atoms with Gasteiger partial charge in [0.15, 0.2) is 0 Å². The Morgan fingerprint density at radius 2 is 1.82 bits per heavy atom. The molecule has 2 rings (SSSR count). The van der Waals surface area contributed by atoms with Gasteiger partial charge in [-0.15, -0.1) is 5.10 Å². The van der Waals surface area contributed by atoms with Crippen LogP contribution in [0.25, 0.3) is 5.69 Å². The monoisotopic (exact) mass is 315 g/mol. The standard InChI is InChI=1S/C12H10F3N3O2.C2H6/c1-20-11-8(6-16-19)7-18(17-11)10-4-2-9(3-5-10)12(13,14)15;1-2/h2-7,19H,1H3;1-2H3/b16-6+;. The lowest BCUT2D eigenvalue weighted by molar-refractivity contribution is -0.137. The Morgan fingerprint density at radius 3 is 2.27 bits per heavy atom. The summed E-state index contributed by atoms with van der Waals surface area (Å²) in [6, 6.07) is 4.50. The predicted octanol–water partition coefficient (Wildman–Crippen LogP) is 3.73. The second-order valence-electron chi connectivity index (χ2n) is 3.83. The maximum Gasteiger partial charge on any atom is 0.416 e. The Bertz CT molecular complexity index is 619. The van der Waals surface area contributed by atoms with Gasteiger partial charge in [0.25, 0.3) is 0 Å². The first-order valence-electron chi connectivity index (χ1n) is 6.44. The van der Waals surface area contributed by atoms with Crippen LogP contribution in [-0.4, -0.2) is 28.3 Å². The molecule has 1 N–H and O–H groups in total. The highest BCUT2D eigenvalue weighted by Gasteiger charge is 2.30. The fraction of sp³-hybridized carbons (Fsp3) is 0.286. The molecule has 0 saturated carbocycles. The summed E-state index contributed by atoms with van der Waals surface area (Å²) in [5.41, 5.74) is 0.0845. The van der Waals surface area contributed by atoms with E-state index < -0.39 is 11.7 Å². The van der Waals surface area contributed by atoms with Crippen molar-refractivity contribution in [3.05, 3.63) is 41.6 Å². The average Bonchev–Trinajstić information content (AvgIpc) is 2.92. The quantitative estimate of drug-likeness (QED) is 0.533. The lowest BCUT2D eigenvalue weighted by Crippen LogP contribution is -2.05. The third-order valence-electron chi connectivity index (χ3n) is 2.56. The van der Waals surface area contributed by atoms with E-state index >= 15 is 0 Å². The van der Waals surface area contributed by atoms with Gasteiger partial charge in [-0.25, -0.2) is 4.68 Å². The summed E-state index contributed by atoms with van der Waals surface area (Å²) in [6.07, 6.45) is -1.79. The van der Waals surface area contributed by atoms with Crippen molar-refractivity contribution in [2.24, 2.45) is 5.16 Å². The minimum absolute atomic E-state index is 0.197. The Kier molecular flexibility index (Phi) is 5.97. The van der Waals surface area contributed by atoms with Crippen LogP contribution < -0.4 is 4.74 Å². The van der Waals surface area contributed by atoms with Crippen molar-refractivity contribution in [1.82, 2.24) is 9.78 Å². The summed E-state index contributed by atoms with van der Waals surface area (Å²) in [4.78, 5) is 0. The summed E-state index contributed by atoms with van der Waals surface area (Å²) in [5.74, 6) is 0.197. The Morgan fingerprint density at radius 1 is 1.23 bits per heavy atom. The molecular weight excluding hydrogens is 299 g/mol. The van der Waals surface area contributed by atoms with Gasteiger partial charge in [-0.05, 0) is 24.3 Å². The fourth-order valence-electron chi connectivity index (χ4n) is 1.62. The molecule has 0 aliphatic rings. The van der Waals surface area contributed by atoms with Gasteiger partial charge in [-0.1, -0.05) is 19.0 Å². The van der Waals surface area contributed by atoms with Crippen LogP contribution in [0, 0.1) is 0 Å². The fourth-order valence-corrected chi connectivity index (χ4v) is 1.62. The molecule has 0 saturated heterocycles. The molecule has 8 heteroatoms. The molecule has 1 heterocycles. The van der Waals surface area contributed by atoms with Crippen molar-refractivity contribution in [3.8, 4) is 11.6 Å². The Balaban J connectivity index is 0.00000116. The third kappa shape index (κ3) is 4.00. The van der Waals surface area contributed by atoms with Gasteiger partial charge in [0.1, 0.15) is 0 Å². The van der Waals surface area contributed by atoms with Crippen LogP contribution >= 0.6 is 0 Å². The molecule has 1 aromatic heterocycles. The minimum atomic E-state index is -4.38. The van der Waals surface area contributed by atoms with E-state index in [4.69, 9.17) is 9.94 Å². The summed E-state index contributed by atoms with van der Waals surface area (Å²) < 4.78 is 43.7. The van der Waals surface area contributed by atoms with Crippen LogP contribution in [0.15, 0.2) is 35.6 Å². The van der Waals surface area contributed by atoms with E-state index in [2.05, 4.69) is 10.3 Å². The van der Waals surface area contributed by atoms with Crippen LogP contribution in [0.1, 0.15) is 25.0 Å². The zero-order valence-electron chi connectivity index (χ0n) is 12.3. The van der Waals surface area contributed by atoms with Crippen molar-refractivity contribution < 1.29 is 23.1 Å². The smallest absolute Gasteiger partial charge is 0.416 e. The van der Waals surface area contributed by atoms with Gasteiger partial charge in [-0.2, -0.15) is 13.2 Å². The van der Waals surface area contributed by atoms with Gasteiger partial charge in [0, 0.05) is 6.20 Å². The molecular formula is C14H16F3N3O2. The van der Waals surface area contributed by atoms with Gasteiger partial charge in [0.2, 0.25) is 5.88 Å². The normalized spacial score (nSPS) is 11.2. The number of oxime groups is 1. The molecule has 0 unspecified atom stereocenters. The molecule has 2 aromatic rings. The number of aromatic nitrogens is 2. The number of hydrogen-bond acceptors (Lipinski definition) is 4. The second-order valence-corrected chi connectivity index (χ2v) is 3.83. The number of ether oxygens (including phenoxy) is 1. The number of hydrogen-bond donors (Lipinski definition) is 1. The lowest BCUT2D eigenvalue weighted by atomic mass is 10.2. The molecule has 120 valence electrons. The summed E-state index contributed by atoms with van der Waals surface area (Å²) in [6.45, 7) is 4.00. The largest absolute Gasteiger partial charge is 0.479 e. The molecule has 0 spiro atoms. The number of nitrogens with zero attached hydrogens (tertiary/aromatic N) is 3. The number of benzene rings is 1. The molecule has 1 aromatic carbocycles. The number of methoxy groups -OCH3 is 1. The van der Waals surface area contributed by atoms with Crippen LogP contribution in [0.3, 0.4) is 0 Å². The lowest BCUT2D eigenvalue weighted by Gasteiger charge is -2.07. The van der Waals surface area contributed by atoms with E-state index in [1.54, 1.807) is 0 Å². The van der Waals surface area contributed by atoms with Gasteiger partial charge in [-0.3, -0.25) is 0 Å². The SMILES string of the molecule is CC.COc1nn(-c2ccc(C(F)(F)F)cc2)cc1/C=N/O. The van der Waals surface area contributed by atoms with E-state index in [-0.39, 0.29) is 5.88 Å². The van der Waals surface area contributed by atoms with Gasteiger partial charge < -0.3 is 9.94 Å². The molecule has 0 amide bonds. The van der Waals surface area contributed by atoms with Crippen molar-refractivity contribution in [1.29, 1.82) is 0 Å². The van der Waals surface area contributed by atoms with Crippen molar-refractivity contribution in [3.63, 3.8) is 0 Å². The van der Waals surface area contributed by atoms with E-state index in [9.17, 15) is 13.2 Å². The Hall–Kier alpha value is -2.51. The molecule has 0 atom stereocenters. The highest BCUT2D eigenvalue weighted by Crippen LogP contribution is 2.29. The minimum Gasteiger partial charge on any atom is -0.479 e. The van der Waals surface area contributed by atoms with Crippen molar-refractivity contribution >= 4 is 6.21 Å². The number of rotatable bonds is 3. The first-order chi connectivity index (χ1) is 10.5. The molecule has 22 heavy (non-hydrogen) atoms. The van der Waals surface area contributed by atoms with Crippen molar-refractivity contribution in [2.75, 3.05) is 7.11 Å². The summed E-state index contributed by atoms with van der Waals surface area (Å²) >= 11 is 0. The van der Waals surface area contributed by atoms with E-state index in [1.807, 2.05) is 13.8 Å². The topological polar surface area (TPSA) is 59.6 Å². The first kappa shape index (κ1) is 17.5. The highest BCUT2D eigenvalue weighted by molar-refractivity contribution is 5.82. The Labute approximate surface area is 125 Å². The molecule has 5 nitrogen and oxygen atoms in total. The maximum atomic E-state index is 12.5. The molecule has 0 aliphatic carbocycles. The maximum absolute atomic E-state index is 12.5. The zero-order chi connectivity index (χ0) is 16.8. The second kappa shape index (κ2) is 7.48. The van der Waals surface area contributed by atoms with Crippen LogP contribution in [0.5, 0.6) is 5.88 Å². The molecule has 0 aliphatic heterocycles. The molecule has 0 bridgehead atoms. The average molecular weight is 315 g/mol. The van der Waals surface area contributed by atoms with Crippen LogP contribution in [-0.2, 0) is 6.18 Å². The highest BCUT2D eigenvalue weighted by atomic mass is 19.4. The van der Waals surface area contributed by atoms with Crippen LogP contribution in [0.2, 0.25) is 0 Å². The zero-order valence-corrected chi connectivity index (χ0v) is 12.3. The number of alkyl halides is 3. The predicted molar refractivity (Wildman–Crippen MR) is 75.8 cm³/mol.